The van der Waals surface area contributed by atoms with Gasteiger partial charge >= 0.3 is 13.7 Å². The first-order valence-corrected chi connectivity index (χ1v) is 15.2. The van der Waals surface area contributed by atoms with Gasteiger partial charge in [-0.3, -0.25) is 13.9 Å². The van der Waals surface area contributed by atoms with Gasteiger partial charge in [0.15, 0.2) is 28.9 Å². The van der Waals surface area contributed by atoms with Crippen molar-refractivity contribution < 1.29 is 37.4 Å². The number of carbonyl (C=O) groups is 1. The smallest absolute Gasteiger partial charge is 0.459 e. The van der Waals surface area contributed by atoms with Crippen LogP contribution in [0.15, 0.2) is 36.7 Å². The van der Waals surface area contributed by atoms with Crippen LogP contribution in [0.2, 0.25) is 0 Å². The molecule has 42 heavy (non-hydrogen) atoms. The molecule has 1 aromatic carbocycles. The van der Waals surface area contributed by atoms with Gasteiger partial charge in [0, 0.05) is 6.04 Å². The molecule has 2 aliphatic rings. The van der Waals surface area contributed by atoms with Crippen LogP contribution in [0.25, 0.3) is 11.2 Å². The monoisotopic (exact) mass is 607 g/mol. The summed E-state index contributed by atoms with van der Waals surface area (Å²) in [6.45, 7) is 5.41. The van der Waals surface area contributed by atoms with E-state index in [0.717, 1.165) is 12.8 Å². The minimum Gasteiger partial charge on any atom is -0.462 e. The van der Waals surface area contributed by atoms with Crippen molar-refractivity contribution in [1.82, 2.24) is 24.6 Å². The van der Waals surface area contributed by atoms with Crippen molar-refractivity contribution in [3.05, 3.63) is 36.7 Å². The zero-order chi connectivity index (χ0) is 30.2. The van der Waals surface area contributed by atoms with E-state index >= 15 is 4.39 Å². The summed E-state index contributed by atoms with van der Waals surface area (Å²) in [5.74, 6) is -0.103. The molecule has 0 radical (unpaired) electrons. The molecule has 0 unspecified atom stereocenters. The molecular weight excluding hydrogens is 572 g/mol. The zero-order valence-electron chi connectivity index (χ0n) is 23.6. The molecule has 1 saturated carbocycles. The molecule has 3 heterocycles. The Hall–Kier alpha value is -3.36. The maximum Gasteiger partial charge on any atom is 0.459 e. The number of esters is 1. The van der Waals surface area contributed by atoms with Gasteiger partial charge in [-0.15, -0.1) is 0 Å². The van der Waals surface area contributed by atoms with E-state index in [9.17, 15) is 14.5 Å². The number of halogens is 1. The topological polar surface area (TPSA) is 185 Å². The Kier molecular flexibility index (Phi) is 8.41. The lowest BCUT2D eigenvalue weighted by molar-refractivity contribution is -0.149. The van der Waals surface area contributed by atoms with E-state index in [0.29, 0.717) is 11.3 Å². The second-order valence-corrected chi connectivity index (χ2v) is 12.5. The number of aliphatic hydroxyl groups is 1. The number of nitrogen functional groups attached to an aromatic ring is 1. The second kappa shape index (κ2) is 11.7. The third kappa shape index (κ3) is 6.50. The molecule has 1 aliphatic heterocycles. The fourth-order valence-electron chi connectivity index (χ4n) is 4.48. The number of nitrogens with two attached hydrogens (primary N) is 1. The number of carbonyl (C=O) groups excluding carboxylic acids is 1. The van der Waals surface area contributed by atoms with E-state index in [1.165, 1.54) is 24.7 Å². The summed E-state index contributed by atoms with van der Waals surface area (Å²) in [6.07, 6.45) is -1.50. The Morgan fingerprint density at radius 1 is 1.29 bits per heavy atom. The molecule has 14 nitrogen and oxygen atoms in total. The summed E-state index contributed by atoms with van der Waals surface area (Å²) < 4.78 is 53.6. The van der Waals surface area contributed by atoms with Gasteiger partial charge in [0.1, 0.15) is 24.0 Å². The summed E-state index contributed by atoms with van der Waals surface area (Å²) in [6, 6.07) is 7.33. The highest BCUT2D eigenvalue weighted by Crippen LogP contribution is 2.48. The van der Waals surface area contributed by atoms with Crippen LogP contribution in [0.4, 0.5) is 16.2 Å². The van der Waals surface area contributed by atoms with Gasteiger partial charge < -0.3 is 30.2 Å². The van der Waals surface area contributed by atoms with Crippen LogP contribution in [0.1, 0.15) is 46.8 Å². The average molecular weight is 608 g/mol. The van der Waals surface area contributed by atoms with Crippen molar-refractivity contribution in [2.24, 2.45) is 0 Å². The first-order valence-electron chi connectivity index (χ1n) is 13.6. The van der Waals surface area contributed by atoms with Gasteiger partial charge in [-0.1, -0.05) is 18.2 Å². The summed E-state index contributed by atoms with van der Waals surface area (Å²) in [7, 11) is -4.28. The molecule has 1 saturated heterocycles. The number of hydrogen-bond donors (Lipinski definition) is 4. The summed E-state index contributed by atoms with van der Waals surface area (Å²) in [5, 5.41) is 16.7. The number of fused-ring (bicyclic) bond motifs is 1. The maximum absolute atomic E-state index is 16.1. The normalized spacial score (nSPS) is 26.2. The molecule has 0 amide bonds. The number of rotatable bonds is 12. The molecule has 2 aromatic heterocycles. The number of nitrogens with one attached hydrogen (secondary N) is 2. The van der Waals surface area contributed by atoms with E-state index in [-0.39, 0.29) is 23.4 Å². The molecule has 228 valence electrons. The molecule has 1 aliphatic carbocycles. The van der Waals surface area contributed by atoms with Crippen molar-refractivity contribution >= 4 is 36.6 Å². The largest absolute Gasteiger partial charge is 0.462 e. The Morgan fingerprint density at radius 2 is 2.00 bits per heavy atom. The molecule has 3 aromatic rings. The predicted molar refractivity (Wildman–Crippen MR) is 150 cm³/mol. The number of aromatic nitrogens is 4. The first-order chi connectivity index (χ1) is 19.9. The SMILES string of the molecule is CC(C)OC(=O)[C@@H](C)N[P@@](=O)(OC[C@H]1O[C@@H](n2cnc3c(NC4CC4)nc(N)nc32)[C@](C)(F)[C@@H]1O)Oc1ccccc1. The Labute approximate surface area is 241 Å². The van der Waals surface area contributed by atoms with Gasteiger partial charge in [0.05, 0.1) is 19.0 Å². The fraction of sp³-hybridized carbons (Fsp3) is 0.538. The molecule has 16 heteroatoms. The number of nitrogens with zero attached hydrogens (tertiary/aromatic N) is 4. The van der Waals surface area contributed by atoms with Crippen LogP contribution in [0.5, 0.6) is 5.75 Å². The van der Waals surface area contributed by atoms with Crippen molar-refractivity contribution in [3.63, 3.8) is 0 Å². The number of ether oxygens (including phenoxy) is 2. The van der Waals surface area contributed by atoms with Crippen molar-refractivity contribution in [2.45, 2.75) is 82.8 Å². The van der Waals surface area contributed by atoms with Gasteiger partial charge in [-0.25, -0.2) is 13.9 Å². The highest BCUT2D eigenvalue weighted by molar-refractivity contribution is 7.52. The number of hydrogen-bond acceptors (Lipinski definition) is 12. The Morgan fingerprint density at radius 3 is 2.67 bits per heavy atom. The standard InChI is InChI=1S/C26H35FN7O7P/c1-14(2)39-23(36)15(3)33-42(37,41-17-8-6-5-7-9-17)38-12-18-20(35)26(4,27)24(40-18)34-13-29-19-21(30-16-10-11-16)31-25(28)32-22(19)34/h5-9,13-16,18,20,24,35H,10-12H2,1-4H3,(H,33,37)(H3,28,30,31,32)/t15-,18-,20-,24-,26-,42-/m1/s1. The zero-order valence-corrected chi connectivity index (χ0v) is 24.5. The van der Waals surface area contributed by atoms with E-state index in [4.69, 9.17) is 24.3 Å². The number of anilines is 2. The van der Waals surface area contributed by atoms with Crippen molar-refractivity contribution in [1.29, 1.82) is 0 Å². The lowest BCUT2D eigenvalue weighted by Gasteiger charge is -2.25. The first kappa shape index (κ1) is 30.1. The van der Waals surface area contributed by atoms with Gasteiger partial charge in [-0.2, -0.15) is 15.1 Å². The average Bonchev–Trinajstić information content (AvgIpc) is 3.59. The Bertz CT molecular complexity index is 1470. The van der Waals surface area contributed by atoms with Crippen molar-refractivity contribution in [3.8, 4) is 5.75 Å². The van der Waals surface area contributed by atoms with E-state index in [1.54, 1.807) is 44.2 Å². The van der Waals surface area contributed by atoms with E-state index in [2.05, 4.69) is 25.4 Å². The fourth-order valence-corrected chi connectivity index (χ4v) is 5.99. The quantitative estimate of drug-likeness (QED) is 0.174. The van der Waals surface area contributed by atoms with E-state index < -0.39 is 56.6 Å². The van der Waals surface area contributed by atoms with Crippen LogP contribution < -0.4 is 20.7 Å². The van der Waals surface area contributed by atoms with Gasteiger partial charge in [-0.05, 0) is 52.7 Å². The minimum absolute atomic E-state index is 0.0402. The number of aliphatic hydroxyl groups excluding tert-OH is 1. The molecule has 5 rings (SSSR count). The van der Waals surface area contributed by atoms with Crippen LogP contribution in [0.3, 0.4) is 0 Å². The van der Waals surface area contributed by atoms with Crippen LogP contribution in [-0.2, 0) is 23.4 Å². The highest BCUT2D eigenvalue weighted by atomic mass is 31.2. The van der Waals surface area contributed by atoms with Crippen molar-refractivity contribution in [2.75, 3.05) is 17.7 Å². The molecule has 2 fully saturated rings. The lowest BCUT2D eigenvalue weighted by Crippen LogP contribution is -2.41. The maximum atomic E-state index is 16.1. The summed E-state index contributed by atoms with van der Waals surface area (Å²) in [4.78, 5) is 25.2. The number of alkyl halides is 1. The number of benzene rings is 1. The third-order valence-electron chi connectivity index (χ3n) is 6.76. The summed E-state index contributed by atoms with van der Waals surface area (Å²) >= 11 is 0. The summed E-state index contributed by atoms with van der Waals surface area (Å²) in [5.41, 5.74) is 4.16. The highest BCUT2D eigenvalue weighted by Gasteiger charge is 2.56. The molecule has 6 atom stereocenters. The molecule has 0 spiro atoms. The molecular formula is C26H35FN7O7P. The van der Waals surface area contributed by atoms with Gasteiger partial charge in [0.2, 0.25) is 5.95 Å². The van der Waals surface area contributed by atoms with Gasteiger partial charge in [0.25, 0.3) is 0 Å². The number of para-hydroxylation sites is 1. The van der Waals surface area contributed by atoms with Crippen LogP contribution in [-0.4, -0.2) is 73.3 Å². The van der Waals surface area contributed by atoms with Crippen LogP contribution in [0, 0.1) is 0 Å². The second-order valence-electron chi connectivity index (χ2n) is 10.8. The number of imidazole rings is 1. The third-order valence-corrected chi connectivity index (χ3v) is 8.41. The predicted octanol–water partition coefficient (Wildman–Crippen LogP) is 3.10. The molecule has 5 N–H and O–H groups in total. The minimum atomic E-state index is -4.28. The molecule has 0 bridgehead atoms. The van der Waals surface area contributed by atoms with Crippen LogP contribution >= 0.6 is 7.75 Å². The van der Waals surface area contributed by atoms with E-state index in [1.807, 2.05) is 0 Å². The Balaban J connectivity index is 1.36. The lowest BCUT2D eigenvalue weighted by atomic mass is 9.98.